The molecule has 1 unspecified atom stereocenters. The van der Waals surface area contributed by atoms with Gasteiger partial charge in [-0.2, -0.15) is 0 Å². The van der Waals surface area contributed by atoms with E-state index in [0.717, 1.165) is 31.9 Å². The van der Waals surface area contributed by atoms with Crippen molar-refractivity contribution in [2.24, 2.45) is 0 Å². The number of hydrogen-bond acceptors (Lipinski definition) is 3. The lowest BCUT2D eigenvalue weighted by Crippen LogP contribution is -2.30. The molecular formula is C21H28N2O. The van der Waals surface area contributed by atoms with Crippen molar-refractivity contribution in [1.29, 1.82) is 0 Å². The number of aryl methyl sites for hydroxylation is 2. The topological polar surface area (TPSA) is 24.5 Å². The molecule has 3 rings (SSSR count). The van der Waals surface area contributed by atoms with Crippen LogP contribution in [-0.2, 0) is 6.42 Å². The smallest absolute Gasteiger partial charge is 0.119 e. The van der Waals surface area contributed by atoms with Crippen LogP contribution in [0.25, 0.3) is 0 Å². The van der Waals surface area contributed by atoms with Crippen molar-refractivity contribution in [1.82, 2.24) is 10.2 Å². The van der Waals surface area contributed by atoms with Crippen molar-refractivity contribution in [2.45, 2.75) is 26.3 Å². The first kappa shape index (κ1) is 17.0. The Bertz CT molecular complexity index is 689. The number of hydrogen-bond donors (Lipinski definition) is 1. The first-order chi connectivity index (χ1) is 11.5. The summed E-state index contributed by atoms with van der Waals surface area (Å²) < 4.78 is 5.90. The lowest BCUT2D eigenvalue weighted by Gasteiger charge is -2.28. The highest BCUT2D eigenvalue weighted by atomic mass is 16.5. The Hall–Kier alpha value is -1.84. The molecule has 2 aromatic carbocycles. The largest absolute Gasteiger partial charge is 0.492 e. The third-order valence-electron chi connectivity index (χ3n) is 4.55. The van der Waals surface area contributed by atoms with Crippen LogP contribution >= 0.6 is 0 Å². The van der Waals surface area contributed by atoms with Crippen LogP contribution in [0.15, 0.2) is 36.4 Å². The van der Waals surface area contributed by atoms with Gasteiger partial charge in [0, 0.05) is 13.1 Å². The number of fused-ring (bicyclic) bond motifs is 1. The molecule has 3 nitrogen and oxygen atoms in total. The molecule has 1 heterocycles. The second-order valence-electron chi connectivity index (χ2n) is 7.07. The predicted octanol–water partition coefficient (Wildman–Crippen LogP) is 3.48. The van der Waals surface area contributed by atoms with Gasteiger partial charge in [-0.3, -0.25) is 0 Å². The fourth-order valence-corrected chi connectivity index (χ4v) is 3.45. The van der Waals surface area contributed by atoms with Crippen molar-refractivity contribution in [2.75, 3.05) is 33.8 Å². The van der Waals surface area contributed by atoms with E-state index >= 15 is 0 Å². The van der Waals surface area contributed by atoms with Crippen LogP contribution in [0, 0.1) is 13.8 Å². The molecule has 0 fully saturated rings. The molecule has 1 aliphatic heterocycles. The van der Waals surface area contributed by atoms with E-state index in [2.05, 4.69) is 74.6 Å². The van der Waals surface area contributed by atoms with Crippen molar-refractivity contribution in [3.63, 3.8) is 0 Å². The minimum Gasteiger partial charge on any atom is -0.492 e. The molecular weight excluding hydrogens is 296 g/mol. The highest BCUT2D eigenvalue weighted by Crippen LogP contribution is 2.32. The van der Waals surface area contributed by atoms with Gasteiger partial charge in [0.2, 0.25) is 0 Å². The van der Waals surface area contributed by atoms with Gasteiger partial charge in [0.15, 0.2) is 0 Å². The fourth-order valence-electron chi connectivity index (χ4n) is 3.45. The molecule has 0 spiro atoms. The number of ether oxygens (including phenoxy) is 1. The predicted molar refractivity (Wildman–Crippen MR) is 100.0 cm³/mol. The molecule has 0 radical (unpaired) electrons. The normalized spacial score (nSPS) is 17.0. The summed E-state index contributed by atoms with van der Waals surface area (Å²) in [5, 5.41) is 3.68. The molecule has 128 valence electrons. The molecule has 3 heteroatoms. The van der Waals surface area contributed by atoms with Gasteiger partial charge >= 0.3 is 0 Å². The van der Waals surface area contributed by atoms with E-state index < -0.39 is 0 Å². The summed E-state index contributed by atoms with van der Waals surface area (Å²) in [6, 6.07) is 13.7. The van der Waals surface area contributed by atoms with E-state index in [1.807, 2.05) is 0 Å². The highest BCUT2D eigenvalue weighted by Gasteiger charge is 2.22. The Balaban J connectivity index is 1.83. The van der Waals surface area contributed by atoms with Gasteiger partial charge in [-0.25, -0.2) is 0 Å². The first-order valence-corrected chi connectivity index (χ1v) is 8.75. The molecule has 1 N–H and O–H groups in total. The van der Waals surface area contributed by atoms with Gasteiger partial charge in [-0.1, -0.05) is 35.4 Å². The van der Waals surface area contributed by atoms with Gasteiger partial charge in [-0.05, 0) is 63.2 Å². The molecule has 0 aliphatic carbocycles. The van der Waals surface area contributed by atoms with Crippen LogP contribution < -0.4 is 10.1 Å². The van der Waals surface area contributed by atoms with Crippen molar-refractivity contribution >= 4 is 0 Å². The molecule has 0 amide bonds. The van der Waals surface area contributed by atoms with E-state index in [9.17, 15) is 0 Å². The Morgan fingerprint density at radius 1 is 1.08 bits per heavy atom. The van der Waals surface area contributed by atoms with Crippen molar-refractivity contribution < 1.29 is 4.74 Å². The Morgan fingerprint density at radius 3 is 2.54 bits per heavy atom. The summed E-state index contributed by atoms with van der Waals surface area (Å²) >= 11 is 0. The van der Waals surface area contributed by atoms with Gasteiger partial charge < -0.3 is 15.0 Å². The van der Waals surface area contributed by atoms with Gasteiger partial charge in [0.05, 0.1) is 6.04 Å². The summed E-state index contributed by atoms with van der Waals surface area (Å²) in [4.78, 5) is 2.14. The van der Waals surface area contributed by atoms with E-state index in [4.69, 9.17) is 4.74 Å². The van der Waals surface area contributed by atoms with Gasteiger partial charge in [0.25, 0.3) is 0 Å². The molecule has 0 saturated heterocycles. The fraction of sp³-hybridized carbons (Fsp3) is 0.429. The molecule has 1 atom stereocenters. The molecule has 1 aliphatic rings. The zero-order valence-corrected chi connectivity index (χ0v) is 15.2. The maximum Gasteiger partial charge on any atom is 0.119 e. The second kappa shape index (κ2) is 7.37. The molecule has 0 bridgehead atoms. The summed E-state index contributed by atoms with van der Waals surface area (Å²) in [6.07, 6.45) is 1.06. The van der Waals surface area contributed by atoms with Crippen LogP contribution in [0.1, 0.15) is 33.9 Å². The second-order valence-corrected chi connectivity index (χ2v) is 7.07. The first-order valence-electron chi connectivity index (χ1n) is 8.75. The third kappa shape index (κ3) is 3.97. The number of rotatable bonds is 5. The average molecular weight is 324 g/mol. The third-order valence-corrected chi connectivity index (χ3v) is 4.55. The van der Waals surface area contributed by atoms with E-state index in [0.29, 0.717) is 0 Å². The van der Waals surface area contributed by atoms with Crippen molar-refractivity contribution in [3.8, 4) is 5.75 Å². The number of nitrogens with one attached hydrogen (secondary N) is 1. The van der Waals surface area contributed by atoms with E-state index in [1.165, 1.54) is 27.8 Å². The average Bonchev–Trinajstić information content (AvgIpc) is 2.53. The zero-order valence-electron chi connectivity index (χ0n) is 15.2. The van der Waals surface area contributed by atoms with Crippen LogP contribution in [0.2, 0.25) is 0 Å². The van der Waals surface area contributed by atoms with E-state index in [-0.39, 0.29) is 6.04 Å². The Labute approximate surface area is 145 Å². The highest BCUT2D eigenvalue weighted by molar-refractivity contribution is 5.45. The maximum atomic E-state index is 5.90. The quantitative estimate of drug-likeness (QED) is 0.911. The molecule has 0 saturated carbocycles. The van der Waals surface area contributed by atoms with Gasteiger partial charge in [-0.15, -0.1) is 0 Å². The van der Waals surface area contributed by atoms with Gasteiger partial charge in [0.1, 0.15) is 12.4 Å². The van der Waals surface area contributed by atoms with Crippen LogP contribution in [-0.4, -0.2) is 38.7 Å². The van der Waals surface area contributed by atoms with Crippen LogP contribution in [0.3, 0.4) is 0 Å². The van der Waals surface area contributed by atoms with Crippen molar-refractivity contribution in [3.05, 3.63) is 64.2 Å². The molecule has 2 aromatic rings. The molecule has 24 heavy (non-hydrogen) atoms. The molecule has 0 aromatic heterocycles. The summed E-state index contributed by atoms with van der Waals surface area (Å²) in [5.74, 6) is 0.983. The standard InChI is InChI=1S/C21H28N2O/c1-15-11-16(2)13-18(12-15)21-20-6-5-19(24-10-9-23(3)4)14-17(20)7-8-22-21/h5-6,11-14,21-22H,7-10H2,1-4H3. The van der Waals surface area contributed by atoms with E-state index in [1.54, 1.807) is 0 Å². The number of likely N-dealkylation sites (N-methyl/N-ethyl adjacent to an activating group) is 1. The maximum absolute atomic E-state index is 5.90. The monoisotopic (exact) mass is 324 g/mol. The summed E-state index contributed by atoms with van der Waals surface area (Å²) in [6.45, 7) is 7.00. The lowest BCUT2D eigenvalue weighted by atomic mass is 9.88. The lowest BCUT2D eigenvalue weighted by molar-refractivity contribution is 0.261. The minimum atomic E-state index is 0.281. The summed E-state index contributed by atoms with van der Waals surface area (Å²) in [7, 11) is 4.13. The summed E-state index contributed by atoms with van der Waals surface area (Å²) in [5.41, 5.74) is 6.78. The number of benzene rings is 2. The number of nitrogens with zero attached hydrogens (tertiary/aromatic N) is 1. The zero-order chi connectivity index (χ0) is 17.1. The van der Waals surface area contributed by atoms with Crippen LogP contribution in [0.5, 0.6) is 5.75 Å². The Kier molecular flexibility index (Phi) is 5.22. The minimum absolute atomic E-state index is 0.281. The SMILES string of the molecule is Cc1cc(C)cc(C2NCCc3cc(OCCN(C)C)ccc32)c1. The Morgan fingerprint density at radius 2 is 1.83 bits per heavy atom. The van der Waals surface area contributed by atoms with Crippen LogP contribution in [0.4, 0.5) is 0 Å².